The lowest BCUT2D eigenvalue weighted by Gasteiger charge is -2.34. The zero-order valence-electron chi connectivity index (χ0n) is 16.1. The van der Waals surface area contributed by atoms with Crippen molar-refractivity contribution in [2.24, 2.45) is 0 Å². The van der Waals surface area contributed by atoms with E-state index in [9.17, 15) is 43.9 Å². The highest BCUT2D eigenvalue weighted by atomic mass is 28.3. The van der Waals surface area contributed by atoms with Crippen molar-refractivity contribution in [2.45, 2.75) is 38.4 Å². The van der Waals surface area contributed by atoms with Gasteiger partial charge in [0.2, 0.25) is 6.71 Å². The average Bonchev–Trinajstić information content (AvgIpc) is 2.67. The van der Waals surface area contributed by atoms with Gasteiger partial charge in [-0.2, -0.15) is 0 Å². The lowest BCUT2D eigenvalue weighted by Crippen LogP contribution is -2.58. The molecule has 0 saturated heterocycles. The largest absolute Gasteiger partial charge is 0.225 e. The van der Waals surface area contributed by atoms with Gasteiger partial charge in [0.1, 0.15) is 0 Å². The highest BCUT2D eigenvalue weighted by molar-refractivity contribution is 7.00. The summed E-state index contributed by atoms with van der Waals surface area (Å²) in [6.45, 7) is 3.79. The molecule has 0 heterocycles. The van der Waals surface area contributed by atoms with Crippen LogP contribution in [0.3, 0.4) is 0 Å². The highest BCUT2D eigenvalue weighted by Gasteiger charge is 2.46. The zero-order chi connectivity index (χ0) is 23.3. The van der Waals surface area contributed by atoms with Gasteiger partial charge in [0, 0.05) is 19.0 Å². The molecule has 2 aromatic carbocycles. The van der Waals surface area contributed by atoms with Crippen LogP contribution in [0.25, 0.3) is 0 Å². The van der Waals surface area contributed by atoms with E-state index >= 15 is 0 Å². The van der Waals surface area contributed by atoms with Crippen LogP contribution in [0.2, 0.25) is 25.1 Å². The van der Waals surface area contributed by atoms with E-state index in [1.165, 1.54) is 6.92 Å². The van der Waals surface area contributed by atoms with Crippen molar-refractivity contribution in [1.29, 1.82) is 0 Å². The molecule has 0 N–H and O–H groups in total. The molecule has 2 aromatic rings. The summed E-state index contributed by atoms with van der Waals surface area (Å²) in [7, 11) is -2.75. The summed E-state index contributed by atoms with van der Waals surface area (Å²) in [6.07, 6.45) is -0.0978. The second-order valence-electron chi connectivity index (χ2n) is 7.83. The molecule has 0 radical (unpaired) electrons. The van der Waals surface area contributed by atoms with Gasteiger partial charge < -0.3 is 0 Å². The van der Waals surface area contributed by atoms with Crippen molar-refractivity contribution in [2.75, 3.05) is 0 Å². The standard InChI is InChI=1S/C18H15BF10Si/c1-5-6(30(2,3)4)19(7-9(20)13(24)17(28)14(25)10(7)21)8-11(22)15(26)18(29)16(27)12(8)23/h6H,5H2,1-4H3. The molecule has 2 rings (SSSR count). The molecule has 0 nitrogen and oxygen atoms in total. The van der Waals surface area contributed by atoms with Crippen LogP contribution in [0.1, 0.15) is 13.3 Å². The maximum Gasteiger partial charge on any atom is 0.225 e. The van der Waals surface area contributed by atoms with Crippen LogP contribution in [0.15, 0.2) is 0 Å². The fraction of sp³-hybridized carbons (Fsp3) is 0.333. The number of benzene rings is 2. The first-order chi connectivity index (χ1) is 13.7. The van der Waals surface area contributed by atoms with Gasteiger partial charge in [0.15, 0.2) is 58.2 Å². The Labute approximate surface area is 167 Å². The Morgan fingerprint density at radius 2 is 0.767 bits per heavy atom. The van der Waals surface area contributed by atoms with E-state index < -0.39 is 89.3 Å². The summed E-state index contributed by atoms with van der Waals surface area (Å²) >= 11 is 0. The van der Waals surface area contributed by atoms with Crippen molar-refractivity contribution in [3.05, 3.63) is 58.2 Å². The molecule has 0 aliphatic heterocycles. The minimum atomic E-state index is -2.75. The van der Waals surface area contributed by atoms with Crippen LogP contribution in [-0.4, -0.2) is 14.8 Å². The van der Waals surface area contributed by atoms with E-state index in [-0.39, 0.29) is 6.42 Å². The monoisotopic (exact) mass is 460 g/mol. The van der Waals surface area contributed by atoms with E-state index in [4.69, 9.17) is 0 Å². The van der Waals surface area contributed by atoms with Crippen LogP contribution in [-0.2, 0) is 0 Å². The lowest BCUT2D eigenvalue weighted by molar-refractivity contribution is 0.382. The van der Waals surface area contributed by atoms with Crippen LogP contribution >= 0.6 is 0 Å². The van der Waals surface area contributed by atoms with Gasteiger partial charge in [-0.3, -0.25) is 0 Å². The molecule has 12 heteroatoms. The number of hydrogen-bond acceptors (Lipinski definition) is 0. The second-order valence-corrected chi connectivity index (χ2v) is 13.3. The molecular formula is C18H15BF10Si. The van der Waals surface area contributed by atoms with Crippen molar-refractivity contribution in [3.8, 4) is 0 Å². The molecule has 30 heavy (non-hydrogen) atoms. The van der Waals surface area contributed by atoms with Gasteiger partial charge in [-0.15, -0.1) is 0 Å². The normalized spacial score (nSPS) is 13.0. The van der Waals surface area contributed by atoms with Crippen LogP contribution in [0.5, 0.6) is 0 Å². The predicted octanol–water partition coefficient (Wildman–Crippen LogP) is 5.34. The van der Waals surface area contributed by atoms with Gasteiger partial charge in [0.05, 0.1) is 0 Å². The maximum absolute atomic E-state index is 14.6. The lowest BCUT2D eigenvalue weighted by atomic mass is 9.37. The van der Waals surface area contributed by atoms with Gasteiger partial charge in [-0.1, -0.05) is 38.4 Å². The van der Waals surface area contributed by atoms with Crippen LogP contribution in [0.4, 0.5) is 43.9 Å². The van der Waals surface area contributed by atoms with E-state index in [0.29, 0.717) is 0 Å². The van der Waals surface area contributed by atoms with Crippen LogP contribution < -0.4 is 10.9 Å². The van der Waals surface area contributed by atoms with Gasteiger partial charge in [-0.05, 0) is 0 Å². The number of rotatable bonds is 5. The maximum atomic E-state index is 14.6. The van der Waals surface area contributed by atoms with Crippen molar-refractivity contribution in [1.82, 2.24) is 0 Å². The Bertz CT molecular complexity index is 874. The van der Waals surface area contributed by atoms with Crippen LogP contribution in [0, 0.1) is 58.2 Å². The third-order valence-electron chi connectivity index (χ3n) is 5.06. The van der Waals surface area contributed by atoms with Gasteiger partial charge in [-0.25, -0.2) is 43.9 Å². The molecule has 1 atom stereocenters. The SMILES string of the molecule is CCC(B(c1c(F)c(F)c(F)c(F)c1F)c1c(F)c(F)c(F)c(F)c1F)[Si](C)(C)C. The Morgan fingerprint density at radius 3 is 0.967 bits per heavy atom. The number of halogens is 10. The molecule has 0 spiro atoms. The smallest absolute Gasteiger partial charge is 0.204 e. The summed E-state index contributed by atoms with van der Waals surface area (Å²) in [5, 5.41) is 0. The van der Waals surface area contributed by atoms with Crippen molar-refractivity contribution >= 4 is 25.7 Å². The average molecular weight is 460 g/mol. The first-order valence-electron chi connectivity index (χ1n) is 8.70. The molecule has 1 unspecified atom stereocenters. The fourth-order valence-electron chi connectivity index (χ4n) is 3.68. The molecule has 0 bridgehead atoms. The van der Waals surface area contributed by atoms with E-state index in [2.05, 4.69) is 0 Å². The minimum Gasteiger partial charge on any atom is -0.204 e. The fourth-order valence-corrected chi connectivity index (χ4v) is 6.24. The summed E-state index contributed by atoms with van der Waals surface area (Å²) in [5.41, 5.74) is -4.42. The van der Waals surface area contributed by atoms with E-state index in [1.54, 1.807) is 19.6 Å². The third-order valence-corrected chi connectivity index (χ3v) is 8.03. The van der Waals surface area contributed by atoms with Crippen molar-refractivity contribution < 1.29 is 43.9 Å². The summed E-state index contributed by atoms with van der Waals surface area (Å²) < 4.78 is 140. The molecule has 0 aliphatic rings. The zero-order valence-corrected chi connectivity index (χ0v) is 17.1. The quantitative estimate of drug-likeness (QED) is 0.245. The van der Waals surface area contributed by atoms with E-state index in [0.717, 1.165) is 0 Å². The van der Waals surface area contributed by atoms with E-state index in [1.807, 2.05) is 0 Å². The molecule has 0 fully saturated rings. The highest BCUT2D eigenvalue weighted by Crippen LogP contribution is 2.32. The molecular weight excluding hydrogens is 445 g/mol. The first kappa shape index (κ1) is 24.3. The Kier molecular flexibility index (Phi) is 6.70. The molecule has 164 valence electrons. The van der Waals surface area contributed by atoms with Gasteiger partial charge >= 0.3 is 0 Å². The Hall–Kier alpha value is -1.98. The predicted molar refractivity (Wildman–Crippen MR) is 94.9 cm³/mol. The molecule has 0 aromatic heterocycles. The molecule has 0 amide bonds. The summed E-state index contributed by atoms with van der Waals surface area (Å²) in [4.78, 5) is 0. The molecule has 0 saturated carbocycles. The Morgan fingerprint density at radius 1 is 0.533 bits per heavy atom. The summed E-state index contributed by atoms with van der Waals surface area (Å²) in [5.74, 6) is -24.1. The topological polar surface area (TPSA) is 0 Å². The molecule has 0 aliphatic carbocycles. The van der Waals surface area contributed by atoms with Crippen molar-refractivity contribution in [3.63, 3.8) is 0 Å². The third kappa shape index (κ3) is 3.74. The Balaban J connectivity index is 3.10. The first-order valence-corrected chi connectivity index (χ1v) is 12.3. The number of hydrogen-bond donors (Lipinski definition) is 0. The van der Waals surface area contributed by atoms with Gasteiger partial charge in [0.25, 0.3) is 0 Å². The minimum absolute atomic E-state index is 0.0978. The summed E-state index contributed by atoms with van der Waals surface area (Å²) in [6, 6.07) is 0. The second kappa shape index (κ2) is 8.28.